The van der Waals surface area contributed by atoms with Gasteiger partial charge in [-0.2, -0.15) is 0 Å². The Labute approximate surface area is 113 Å². The van der Waals surface area contributed by atoms with Crippen molar-refractivity contribution in [1.82, 2.24) is 0 Å². The maximum atomic E-state index is 5.40. The van der Waals surface area contributed by atoms with Gasteiger partial charge in [0, 0.05) is 0 Å². The third kappa shape index (κ3) is 4.21. The Balaban J connectivity index is 1.78. The van der Waals surface area contributed by atoms with Crippen molar-refractivity contribution in [3.8, 4) is 0 Å². The molecule has 0 bridgehead atoms. The molecule has 0 heterocycles. The summed E-state index contributed by atoms with van der Waals surface area (Å²) in [5, 5.41) is 0. The zero-order valence-corrected chi connectivity index (χ0v) is 14.7. The Kier molecular flexibility index (Phi) is 6.30. The lowest BCUT2D eigenvalue weighted by molar-refractivity contribution is 0.214. The average Bonchev–Trinajstić information content (AvgIpc) is 3.02. The van der Waals surface area contributed by atoms with Gasteiger partial charge >= 0.3 is 0 Å². The van der Waals surface area contributed by atoms with Gasteiger partial charge in [0.25, 0.3) is 0 Å². The molecule has 2 aliphatic rings. The normalized spacial score (nSPS) is 23.1. The van der Waals surface area contributed by atoms with Crippen LogP contribution in [0, 0.1) is 17.8 Å². The Hall–Kier alpha value is 0.394. The fourth-order valence-electron chi connectivity index (χ4n) is 4.18. The van der Waals surface area contributed by atoms with Crippen LogP contribution in [-0.4, -0.2) is 20.2 Å². The predicted octanol–water partition coefficient (Wildman–Crippen LogP) is 2.83. The molecule has 3 heteroatoms. The van der Waals surface area contributed by atoms with Crippen molar-refractivity contribution in [2.45, 2.75) is 70.3 Å². The summed E-state index contributed by atoms with van der Waals surface area (Å²) in [4.78, 5) is 0. The van der Waals surface area contributed by atoms with Gasteiger partial charge in [0.1, 0.15) is 10.5 Å². The Morgan fingerprint density at radius 1 is 1.00 bits per heavy atom. The lowest BCUT2D eigenvalue weighted by Crippen LogP contribution is -2.20. The topological polar surface area (TPSA) is 9.23 Å². The van der Waals surface area contributed by atoms with Crippen molar-refractivity contribution in [3.05, 3.63) is 0 Å². The molecule has 0 saturated heterocycles. The largest absolute Gasteiger partial charge is 0.466 e. The number of hydrogen-bond acceptors (Lipinski definition) is 1. The van der Waals surface area contributed by atoms with Gasteiger partial charge in [-0.3, -0.25) is 0 Å². The lowest BCUT2D eigenvalue weighted by atomic mass is 9.77. The van der Waals surface area contributed by atoms with Gasteiger partial charge in [-0.15, -0.1) is 0 Å². The third-order valence-electron chi connectivity index (χ3n) is 5.04. The molecule has 0 unspecified atom stereocenters. The minimum atomic E-state index is 0.347. The van der Waals surface area contributed by atoms with Gasteiger partial charge in [-0.25, -0.2) is 0 Å². The first-order valence-corrected chi connectivity index (χ1v) is 9.86. The molecule has 0 aromatic rings. The van der Waals surface area contributed by atoms with Crippen molar-refractivity contribution >= 4 is 20.2 Å². The minimum Gasteiger partial charge on any atom is -0.466 e. The van der Waals surface area contributed by atoms with Crippen LogP contribution in [0.4, 0.5) is 0 Å². The molecule has 0 aromatic carbocycles. The second-order valence-electron chi connectivity index (χ2n) is 6.09. The van der Waals surface area contributed by atoms with E-state index in [2.05, 4.69) is 0 Å². The van der Waals surface area contributed by atoms with E-state index in [0.717, 1.165) is 28.2 Å². The van der Waals surface area contributed by atoms with Gasteiger partial charge in [0.05, 0.1) is 0 Å². The molecule has 2 rings (SSSR count). The summed E-state index contributed by atoms with van der Waals surface area (Å²) in [5.74, 6) is 3.29. The summed E-state index contributed by atoms with van der Waals surface area (Å²) >= 11 is 0. The average molecular weight is 270 g/mol. The van der Waals surface area contributed by atoms with E-state index in [1.165, 1.54) is 44.6 Å². The fraction of sp³-hybridized carbons (Fsp3) is 1.00. The second-order valence-corrected chi connectivity index (χ2v) is 8.88. The fourth-order valence-corrected chi connectivity index (χ4v) is 5.53. The Morgan fingerprint density at radius 2 is 1.53 bits per heavy atom. The molecule has 1 nitrogen and oxygen atoms in total. The molecule has 2 fully saturated rings. The smallest absolute Gasteiger partial charge is 0.177 e. The molecule has 1 radical (unpaired) electrons. The van der Waals surface area contributed by atoms with Gasteiger partial charge in [0.2, 0.25) is 0 Å². The third-order valence-corrected chi connectivity index (χ3v) is 7.01. The standard InChI is InChI=1S/C14H29OSi2/c16-15-17-11-5-10-14(12-6-1-2-7-12)13-8-3-4-9-13/h12-14,17H,1-11H2,16H3. The summed E-state index contributed by atoms with van der Waals surface area (Å²) in [6.45, 7) is 0. The van der Waals surface area contributed by atoms with E-state index in [-0.39, 0.29) is 0 Å². The van der Waals surface area contributed by atoms with Crippen molar-refractivity contribution in [2.75, 3.05) is 0 Å². The first-order valence-electron chi connectivity index (χ1n) is 7.76. The van der Waals surface area contributed by atoms with E-state index in [0.29, 0.717) is 9.76 Å². The summed E-state index contributed by atoms with van der Waals surface area (Å²) in [5.41, 5.74) is 0. The SMILES string of the molecule is [SiH3]O[SiH]CCCC(C1CCCC1)C1CCCC1. The molecule has 0 atom stereocenters. The molecule has 2 aliphatic carbocycles. The van der Waals surface area contributed by atoms with Gasteiger partial charge in [-0.05, 0) is 23.8 Å². The van der Waals surface area contributed by atoms with Crippen molar-refractivity contribution in [2.24, 2.45) is 17.8 Å². The minimum absolute atomic E-state index is 0.347. The van der Waals surface area contributed by atoms with Gasteiger partial charge in [-0.1, -0.05) is 64.2 Å². The van der Waals surface area contributed by atoms with E-state index in [1.54, 1.807) is 25.7 Å². The van der Waals surface area contributed by atoms with Crippen LogP contribution in [0.15, 0.2) is 0 Å². The molecule has 99 valence electrons. The van der Waals surface area contributed by atoms with Gasteiger partial charge < -0.3 is 4.12 Å². The van der Waals surface area contributed by atoms with Crippen LogP contribution in [0.3, 0.4) is 0 Å². The first-order chi connectivity index (χ1) is 8.42. The van der Waals surface area contributed by atoms with Crippen LogP contribution in [0.2, 0.25) is 6.04 Å². The van der Waals surface area contributed by atoms with Crippen LogP contribution < -0.4 is 0 Å². The van der Waals surface area contributed by atoms with E-state index < -0.39 is 0 Å². The van der Waals surface area contributed by atoms with Crippen LogP contribution >= 0.6 is 0 Å². The van der Waals surface area contributed by atoms with Crippen molar-refractivity contribution in [3.63, 3.8) is 0 Å². The molecule has 17 heavy (non-hydrogen) atoms. The molecule has 0 amide bonds. The van der Waals surface area contributed by atoms with E-state index >= 15 is 0 Å². The molecule has 0 N–H and O–H groups in total. The molecular formula is C14H29OSi2. The maximum absolute atomic E-state index is 5.40. The summed E-state index contributed by atoms with van der Waals surface area (Å²) in [6, 6.07) is 1.39. The maximum Gasteiger partial charge on any atom is 0.177 e. The lowest BCUT2D eigenvalue weighted by Gasteiger charge is -2.29. The van der Waals surface area contributed by atoms with Gasteiger partial charge in [0.15, 0.2) is 9.76 Å². The summed E-state index contributed by atoms with van der Waals surface area (Å²) < 4.78 is 5.40. The number of hydrogen-bond donors (Lipinski definition) is 0. The molecule has 0 spiro atoms. The van der Waals surface area contributed by atoms with Crippen LogP contribution in [0.5, 0.6) is 0 Å². The molecule has 0 aliphatic heterocycles. The summed E-state index contributed by atoms with van der Waals surface area (Å²) in [7, 11) is 1.30. The van der Waals surface area contributed by atoms with Crippen LogP contribution in [-0.2, 0) is 4.12 Å². The predicted molar refractivity (Wildman–Crippen MR) is 79.6 cm³/mol. The quantitative estimate of drug-likeness (QED) is 0.510. The second kappa shape index (κ2) is 7.75. The summed E-state index contributed by atoms with van der Waals surface area (Å²) in [6.07, 6.45) is 15.2. The van der Waals surface area contributed by atoms with Crippen LogP contribution in [0.25, 0.3) is 0 Å². The molecular weight excluding hydrogens is 240 g/mol. The van der Waals surface area contributed by atoms with Crippen molar-refractivity contribution in [1.29, 1.82) is 0 Å². The Morgan fingerprint density at radius 3 is 2.00 bits per heavy atom. The number of rotatable bonds is 7. The zero-order chi connectivity index (χ0) is 11.9. The van der Waals surface area contributed by atoms with Crippen molar-refractivity contribution < 1.29 is 4.12 Å². The first kappa shape index (κ1) is 13.8. The molecule has 0 aromatic heterocycles. The monoisotopic (exact) mass is 269 g/mol. The van der Waals surface area contributed by atoms with Crippen LogP contribution in [0.1, 0.15) is 64.2 Å². The van der Waals surface area contributed by atoms with E-state index in [1.807, 2.05) is 0 Å². The molecule has 2 saturated carbocycles. The highest BCUT2D eigenvalue weighted by atomic mass is 28.3. The van der Waals surface area contributed by atoms with E-state index in [9.17, 15) is 0 Å². The zero-order valence-electron chi connectivity index (χ0n) is 11.5. The highest BCUT2D eigenvalue weighted by Crippen LogP contribution is 2.43. The van der Waals surface area contributed by atoms with E-state index in [4.69, 9.17) is 4.12 Å². The Bertz CT molecular complexity index is 182. The highest BCUT2D eigenvalue weighted by molar-refractivity contribution is 6.34. The highest BCUT2D eigenvalue weighted by Gasteiger charge is 2.32.